The van der Waals surface area contributed by atoms with Gasteiger partial charge in [-0.25, -0.2) is 4.99 Å². The van der Waals surface area contributed by atoms with Crippen LogP contribution in [0.4, 0.5) is 5.69 Å². The van der Waals surface area contributed by atoms with E-state index in [-0.39, 0.29) is 23.5 Å². The maximum absolute atomic E-state index is 13.0. The smallest absolute Gasteiger partial charge is 0.278 e. The van der Waals surface area contributed by atoms with Crippen LogP contribution in [0.15, 0.2) is 35.1 Å². The molecule has 1 aromatic carbocycles. The predicted molar refractivity (Wildman–Crippen MR) is 127 cm³/mol. The Kier molecular flexibility index (Phi) is 7.00. The average molecular weight is 440 g/mol. The molecule has 1 aliphatic rings. The van der Waals surface area contributed by atoms with Gasteiger partial charge in [0, 0.05) is 31.0 Å². The second kappa shape index (κ2) is 9.51. The molecule has 1 aromatic heterocycles. The number of amidine groups is 1. The van der Waals surface area contributed by atoms with E-state index in [4.69, 9.17) is 0 Å². The normalized spacial score (nSPS) is 15.2. The Hall–Kier alpha value is -2.87. The Morgan fingerprint density at radius 2 is 2.00 bits per heavy atom. The fourth-order valence-electron chi connectivity index (χ4n) is 3.34. The van der Waals surface area contributed by atoms with Crippen LogP contribution in [0.5, 0.6) is 0 Å². The van der Waals surface area contributed by atoms with Crippen molar-refractivity contribution in [3.05, 3.63) is 52.5 Å². The molecule has 164 valence electrons. The SMILES string of the molecule is Cc1ccc(NC(=O)CSC2=N/C(=C/c3cn(C)nc3C)C(=O)N2CC(C)C)c(C)c1. The highest BCUT2D eigenvalue weighted by molar-refractivity contribution is 8.14. The molecule has 0 fully saturated rings. The Morgan fingerprint density at radius 3 is 2.61 bits per heavy atom. The molecule has 3 rings (SSSR count). The summed E-state index contributed by atoms with van der Waals surface area (Å²) in [5, 5.41) is 7.82. The zero-order valence-corrected chi connectivity index (χ0v) is 19.7. The van der Waals surface area contributed by atoms with E-state index < -0.39 is 0 Å². The molecule has 0 spiro atoms. The van der Waals surface area contributed by atoms with Crippen LogP contribution in [0.2, 0.25) is 0 Å². The fourth-order valence-corrected chi connectivity index (χ4v) is 4.15. The number of benzene rings is 1. The molecule has 0 saturated carbocycles. The number of hydrogen-bond donors (Lipinski definition) is 1. The van der Waals surface area contributed by atoms with Gasteiger partial charge in [0.1, 0.15) is 5.70 Å². The summed E-state index contributed by atoms with van der Waals surface area (Å²) in [6.45, 7) is 10.5. The van der Waals surface area contributed by atoms with Crippen LogP contribution in [-0.4, -0.2) is 44.0 Å². The van der Waals surface area contributed by atoms with E-state index >= 15 is 0 Å². The number of nitrogens with one attached hydrogen (secondary N) is 1. The second-order valence-corrected chi connectivity index (χ2v) is 9.17. The molecule has 0 aliphatic carbocycles. The van der Waals surface area contributed by atoms with Gasteiger partial charge in [0.05, 0.1) is 11.4 Å². The van der Waals surface area contributed by atoms with Crippen LogP contribution < -0.4 is 5.32 Å². The number of carbonyl (C=O) groups is 2. The predicted octanol–water partition coefficient (Wildman–Crippen LogP) is 3.91. The molecule has 0 bridgehead atoms. The highest BCUT2D eigenvalue weighted by atomic mass is 32.2. The third-order valence-corrected chi connectivity index (χ3v) is 5.77. The summed E-state index contributed by atoms with van der Waals surface area (Å²) in [5.41, 5.74) is 5.03. The maximum Gasteiger partial charge on any atom is 0.278 e. The van der Waals surface area contributed by atoms with Gasteiger partial charge in [0.15, 0.2) is 5.17 Å². The number of aryl methyl sites for hydroxylation is 4. The number of nitrogens with zero attached hydrogens (tertiary/aromatic N) is 4. The largest absolute Gasteiger partial charge is 0.325 e. The number of hydrogen-bond acceptors (Lipinski definition) is 5. The van der Waals surface area contributed by atoms with Crippen molar-refractivity contribution in [3.8, 4) is 0 Å². The van der Waals surface area contributed by atoms with Gasteiger partial charge >= 0.3 is 0 Å². The van der Waals surface area contributed by atoms with Crippen LogP contribution in [0, 0.1) is 26.7 Å². The van der Waals surface area contributed by atoms with Crippen LogP contribution in [0.25, 0.3) is 6.08 Å². The third kappa shape index (κ3) is 5.64. The van der Waals surface area contributed by atoms with Crippen molar-refractivity contribution in [1.82, 2.24) is 14.7 Å². The van der Waals surface area contributed by atoms with E-state index in [1.54, 1.807) is 15.7 Å². The molecule has 2 heterocycles. The Balaban J connectivity index is 1.75. The highest BCUT2D eigenvalue weighted by Crippen LogP contribution is 2.26. The van der Waals surface area contributed by atoms with Crippen molar-refractivity contribution in [2.75, 3.05) is 17.6 Å². The first-order valence-corrected chi connectivity index (χ1v) is 11.2. The number of rotatable bonds is 6. The van der Waals surface area contributed by atoms with Crippen molar-refractivity contribution in [2.24, 2.45) is 18.0 Å². The van der Waals surface area contributed by atoms with E-state index in [9.17, 15) is 9.59 Å². The van der Waals surface area contributed by atoms with Gasteiger partial charge in [-0.15, -0.1) is 0 Å². The number of aromatic nitrogens is 2. The van der Waals surface area contributed by atoms with Gasteiger partial charge in [-0.2, -0.15) is 5.10 Å². The summed E-state index contributed by atoms with van der Waals surface area (Å²) in [7, 11) is 1.84. The summed E-state index contributed by atoms with van der Waals surface area (Å²) < 4.78 is 1.71. The lowest BCUT2D eigenvalue weighted by molar-refractivity contribution is -0.122. The number of amides is 2. The van der Waals surface area contributed by atoms with E-state index in [1.807, 2.05) is 52.2 Å². The molecular weight excluding hydrogens is 410 g/mol. The van der Waals surface area contributed by atoms with Crippen LogP contribution in [0.1, 0.15) is 36.2 Å². The number of aliphatic imine (C=N–C) groups is 1. The fraction of sp³-hybridized carbons (Fsp3) is 0.391. The minimum Gasteiger partial charge on any atom is -0.325 e. The van der Waals surface area contributed by atoms with Crippen molar-refractivity contribution < 1.29 is 9.59 Å². The van der Waals surface area contributed by atoms with E-state index in [2.05, 4.69) is 29.3 Å². The molecule has 2 amide bonds. The first-order chi connectivity index (χ1) is 14.6. The zero-order valence-electron chi connectivity index (χ0n) is 18.9. The molecule has 31 heavy (non-hydrogen) atoms. The van der Waals surface area contributed by atoms with Crippen molar-refractivity contribution in [3.63, 3.8) is 0 Å². The van der Waals surface area contributed by atoms with Gasteiger partial charge in [-0.3, -0.25) is 19.2 Å². The minimum atomic E-state index is -0.144. The Morgan fingerprint density at radius 1 is 1.26 bits per heavy atom. The van der Waals surface area contributed by atoms with Crippen molar-refractivity contribution in [1.29, 1.82) is 0 Å². The van der Waals surface area contributed by atoms with Crippen LogP contribution in [0.3, 0.4) is 0 Å². The molecule has 7 nitrogen and oxygen atoms in total. The van der Waals surface area contributed by atoms with E-state index in [1.165, 1.54) is 11.8 Å². The first kappa shape index (κ1) is 22.8. The number of carbonyl (C=O) groups excluding carboxylic acids is 2. The quantitative estimate of drug-likeness (QED) is 0.692. The Bertz CT molecular complexity index is 1070. The van der Waals surface area contributed by atoms with Crippen LogP contribution >= 0.6 is 11.8 Å². The second-order valence-electron chi connectivity index (χ2n) is 8.23. The molecule has 0 saturated heterocycles. The minimum absolute atomic E-state index is 0.128. The standard InChI is InChI=1S/C23H29N5O2S/c1-14(2)11-28-22(30)20(10-18-12-27(6)26-17(18)5)25-23(28)31-13-21(29)24-19-8-7-15(3)9-16(19)4/h7-10,12,14H,11,13H2,1-6H3,(H,24,29)/b20-10+. The topological polar surface area (TPSA) is 79.6 Å². The molecule has 0 unspecified atom stereocenters. The van der Waals surface area contributed by atoms with Gasteiger partial charge in [-0.1, -0.05) is 43.3 Å². The van der Waals surface area contributed by atoms with E-state index in [0.717, 1.165) is 28.1 Å². The summed E-state index contributed by atoms with van der Waals surface area (Å²) in [6.07, 6.45) is 3.63. The lowest BCUT2D eigenvalue weighted by Crippen LogP contribution is -2.34. The number of anilines is 1. The van der Waals surface area contributed by atoms with Gasteiger partial charge < -0.3 is 5.32 Å². The Labute approximate surface area is 187 Å². The first-order valence-electron chi connectivity index (χ1n) is 10.3. The van der Waals surface area contributed by atoms with Crippen LogP contribution in [-0.2, 0) is 16.6 Å². The third-order valence-electron chi connectivity index (χ3n) is 4.79. The van der Waals surface area contributed by atoms with E-state index in [0.29, 0.717) is 17.4 Å². The molecule has 1 N–H and O–H groups in total. The molecule has 0 radical (unpaired) electrons. The summed E-state index contributed by atoms with van der Waals surface area (Å²) in [4.78, 5) is 31.7. The highest BCUT2D eigenvalue weighted by Gasteiger charge is 2.31. The summed E-state index contributed by atoms with van der Waals surface area (Å²) in [5.74, 6) is 0.178. The maximum atomic E-state index is 13.0. The zero-order chi connectivity index (χ0) is 22.7. The molecule has 2 aromatic rings. The monoisotopic (exact) mass is 439 g/mol. The summed E-state index contributed by atoms with van der Waals surface area (Å²) >= 11 is 1.28. The van der Waals surface area contributed by atoms with Gasteiger partial charge in [-0.05, 0) is 44.4 Å². The lowest BCUT2D eigenvalue weighted by Gasteiger charge is -2.19. The van der Waals surface area contributed by atoms with Gasteiger partial charge in [0.2, 0.25) is 5.91 Å². The van der Waals surface area contributed by atoms with Crippen molar-refractivity contribution in [2.45, 2.75) is 34.6 Å². The molecule has 8 heteroatoms. The number of thioether (sulfide) groups is 1. The average Bonchev–Trinajstić information content (AvgIpc) is 3.15. The lowest BCUT2D eigenvalue weighted by atomic mass is 10.1. The molecular formula is C23H29N5O2S. The molecule has 0 atom stereocenters. The van der Waals surface area contributed by atoms with Gasteiger partial charge in [0.25, 0.3) is 5.91 Å². The summed E-state index contributed by atoms with van der Waals surface area (Å²) in [6, 6.07) is 5.91. The molecule has 1 aliphatic heterocycles. The van der Waals surface area contributed by atoms with Crippen molar-refractivity contribution >= 4 is 40.5 Å².